The number of rotatable bonds is 8. The van der Waals surface area contributed by atoms with Crippen LogP contribution in [-0.2, 0) is 0 Å². The Morgan fingerprint density at radius 2 is 2.14 bits per heavy atom. The number of halogens is 1. The third kappa shape index (κ3) is 4.61. The molecule has 0 unspecified atom stereocenters. The van der Waals surface area contributed by atoms with Gasteiger partial charge in [-0.3, -0.25) is 0 Å². The summed E-state index contributed by atoms with van der Waals surface area (Å²) in [6.07, 6.45) is 2.23. The van der Waals surface area contributed by atoms with Crippen molar-refractivity contribution in [3.05, 3.63) is 52.0 Å². The highest BCUT2D eigenvalue weighted by molar-refractivity contribution is 8.00. The summed E-state index contributed by atoms with van der Waals surface area (Å²) in [5, 5.41) is 22.2. The lowest BCUT2D eigenvalue weighted by Gasteiger charge is -2.27. The topological polar surface area (TPSA) is 94.4 Å². The highest BCUT2D eigenvalue weighted by atomic mass is 35.5. The monoisotopic (exact) mass is 429 g/mol. The fraction of sp³-hybridized carbons (Fsp3) is 0.333. The molecule has 0 bridgehead atoms. The number of benzene rings is 2. The highest BCUT2D eigenvalue weighted by Crippen LogP contribution is 2.45. The number of carboxylic acid groups (broad SMARTS) is 1. The number of ether oxygens (including phenoxy) is 1. The summed E-state index contributed by atoms with van der Waals surface area (Å²) in [5.74, 6) is 0.559. The normalized spacial score (nSPS) is 16.0. The Kier molecular flexibility index (Phi) is 5.86. The molecule has 150 valence electrons. The molecule has 2 fully saturated rings. The Morgan fingerprint density at radius 3 is 2.76 bits per heavy atom. The van der Waals surface area contributed by atoms with Gasteiger partial charge in [0.15, 0.2) is 0 Å². The van der Waals surface area contributed by atoms with Gasteiger partial charge in [-0.15, -0.1) is 0 Å². The lowest BCUT2D eigenvalue weighted by Crippen LogP contribution is -2.45. The molecule has 1 saturated carbocycles. The van der Waals surface area contributed by atoms with Crippen LogP contribution in [0.4, 0.5) is 5.69 Å². The van der Waals surface area contributed by atoms with Crippen molar-refractivity contribution in [3.8, 4) is 11.8 Å². The van der Waals surface area contributed by atoms with E-state index in [9.17, 15) is 15.2 Å². The van der Waals surface area contributed by atoms with E-state index in [-0.39, 0.29) is 5.56 Å². The van der Waals surface area contributed by atoms with Gasteiger partial charge in [0.1, 0.15) is 11.8 Å². The first-order chi connectivity index (χ1) is 14.0. The van der Waals surface area contributed by atoms with Crippen molar-refractivity contribution in [1.29, 1.82) is 5.26 Å². The average molecular weight is 430 g/mol. The smallest absolute Gasteiger partial charge is 0.335 e. The zero-order valence-corrected chi connectivity index (χ0v) is 17.1. The lowest BCUT2D eigenvalue weighted by atomic mass is 10.1. The third-order valence-electron chi connectivity index (χ3n) is 5.08. The molecule has 0 spiro atoms. The fourth-order valence-electron chi connectivity index (χ4n) is 3.11. The standard InChI is InChI=1S/C21H20ClN3O3S/c22-17-7-19(28-11-12-9-24-10-12)18(5-15(17)8-23)25-29-20-6-14(21(26)27)3-4-16(20)13-1-2-13/h3-7,12-13,24-25H,1-2,9-11H2,(H,26,27). The van der Waals surface area contributed by atoms with Crippen LogP contribution in [0, 0.1) is 17.2 Å². The number of nitrogens with one attached hydrogen (secondary N) is 2. The number of nitriles is 1. The van der Waals surface area contributed by atoms with Crippen LogP contribution >= 0.6 is 23.5 Å². The Morgan fingerprint density at radius 1 is 1.34 bits per heavy atom. The van der Waals surface area contributed by atoms with Gasteiger partial charge in [-0.1, -0.05) is 17.7 Å². The first-order valence-electron chi connectivity index (χ1n) is 9.42. The Hall–Kier alpha value is -2.40. The second-order valence-electron chi connectivity index (χ2n) is 7.31. The zero-order valence-electron chi connectivity index (χ0n) is 15.6. The SMILES string of the molecule is N#Cc1cc(NSc2cc(C(=O)O)ccc2C2CC2)c(OCC2CNC2)cc1Cl. The molecule has 0 radical (unpaired) electrons. The van der Waals surface area contributed by atoms with E-state index >= 15 is 0 Å². The van der Waals surface area contributed by atoms with E-state index in [0.29, 0.717) is 40.5 Å². The number of carbonyl (C=O) groups is 1. The molecule has 8 heteroatoms. The van der Waals surface area contributed by atoms with Gasteiger partial charge in [-0.05, 0) is 54.5 Å². The highest BCUT2D eigenvalue weighted by Gasteiger charge is 2.27. The van der Waals surface area contributed by atoms with E-state index in [1.54, 1.807) is 24.3 Å². The van der Waals surface area contributed by atoms with Crippen LogP contribution in [0.1, 0.15) is 40.2 Å². The second kappa shape index (κ2) is 8.54. The van der Waals surface area contributed by atoms with Crippen LogP contribution in [-0.4, -0.2) is 30.8 Å². The molecule has 1 heterocycles. The van der Waals surface area contributed by atoms with Gasteiger partial charge in [0.05, 0.1) is 28.4 Å². The van der Waals surface area contributed by atoms with Crippen LogP contribution in [0.15, 0.2) is 35.2 Å². The summed E-state index contributed by atoms with van der Waals surface area (Å²) in [7, 11) is 0. The number of anilines is 1. The molecule has 3 N–H and O–H groups in total. The van der Waals surface area contributed by atoms with E-state index in [1.807, 2.05) is 6.07 Å². The molecule has 2 aromatic carbocycles. The molecule has 1 saturated heterocycles. The van der Waals surface area contributed by atoms with Gasteiger partial charge in [-0.2, -0.15) is 5.26 Å². The number of hydrogen-bond donors (Lipinski definition) is 3. The van der Waals surface area contributed by atoms with Gasteiger partial charge in [0, 0.05) is 30.0 Å². The van der Waals surface area contributed by atoms with E-state index in [2.05, 4.69) is 16.1 Å². The minimum absolute atomic E-state index is 0.251. The molecule has 0 amide bonds. The van der Waals surface area contributed by atoms with Crippen molar-refractivity contribution < 1.29 is 14.6 Å². The number of nitrogens with zero attached hydrogens (tertiary/aromatic N) is 1. The van der Waals surface area contributed by atoms with Crippen LogP contribution in [0.3, 0.4) is 0 Å². The summed E-state index contributed by atoms with van der Waals surface area (Å²) in [6.45, 7) is 2.42. The Bertz CT molecular complexity index is 984. The Labute approximate surface area is 178 Å². The van der Waals surface area contributed by atoms with Crippen molar-refractivity contribution in [1.82, 2.24) is 5.32 Å². The average Bonchev–Trinajstić information content (AvgIpc) is 3.51. The van der Waals surface area contributed by atoms with E-state index in [0.717, 1.165) is 36.4 Å². The van der Waals surface area contributed by atoms with Crippen LogP contribution in [0.5, 0.6) is 5.75 Å². The maximum atomic E-state index is 11.4. The molecular weight excluding hydrogens is 410 g/mol. The van der Waals surface area contributed by atoms with E-state index in [1.165, 1.54) is 11.9 Å². The minimum atomic E-state index is -0.953. The predicted molar refractivity (Wildman–Crippen MR) is 113 cm³/mol. The fourth-order valence-corrected chi connectivity index (χ4v) is 4.22. The van der Waals surface area contributed by atoms with Crippen LogP contribution in [0.25, 0.3) is 0 Å². The largest absolute Gasteiger partial charge is 0.491 e. The van der Waals surface area contributed by atoms with Gasteiger partial charge >= 0.3 is 5.97 Å². The molecular formula is C21H20ClN3O3S. The van der Waals surface area contributed by atoms with Gasteiger partial charge in [-0.25, -0.2) is 4.79 Å². The first kappa shape index (κ1) is 19.9. The molecule has 2 aliphatic rings. The van der Waals surface area contributed by atoms with Crippen molar-refractivity contribution >= 4 is 35.2 Å². The molecule has 6 nitrogen and oxygen atoms in total. The minimum Gasteiger partial charge on any atom is -0.491 e. The quantitative estimate of drug-likeness (QED) is 0.531. The van der Waals surface area contributed by atoms with Gasteiger partial charge in [0.25, 0.3) is 0 Å². The number of hydrogen-bond acceptors (Lipinski definition) is 6. The van der Waals surface area contributed by atoms with E-state index < -0.39 is 5.97 Å². The maximum Gasteiger partial charge on any atom is 0.335 e. The molecule has 0 aromatic heterocycles. The van der Waals surface area contributed by atoms with Gasteiger partial charge < -0.3 is 19.9 Å². The van der Waals surface area contributed by atoms with Crippen molar-refractivity contribution in [2.45, 2.75) is 23.7 Å². The summed E-state index contributed by atoms with van der Waals surface area (Å²) in [4.78, 5) is 12.2. The van der Waals surface area contributed by atoms with Crippen LogP contribution in [0.2, 0.25) is 5.02 Å². The van der Waals surface area contributed by atoms with Crippen molar-refractivity contribution in [2.24, 2.45) is 5.92 Å². The Balaban J connectivity index is 1.57. The number of aromatic carboxylic acids is 1. The van der Waals surface area contributed by atoms with Crippen molar-refractivity contribution in [3.63, 3.8) is 0 Å². The van der Waals surface area contributed by atoms with Gasteiger partial charge in [0.2, 0.25) is 0 Å². The number of carboxylic acids is 1. The third-order valence-corrected chi connectivity index (χ3v) is 6.29. The summed E-state index contributed by atoms with van der Waals surface area (Å²) < 4.78 is 9.21. The molecule has 29 heavy (non-hydrogen) atoms. The van der Waals surface area contributed by atoms with Crippen molar-refractivity contribution in [2.75, 3.05) is 24.4 Å². The molecule has 1 aliphatic heterocycles. The maximum absolute atomic E-state index is 11.4. The molecule has 0 atom stereocenters. The molecule has 4 rings (SSSR count). The molecule has 1 aliphatic carbocycles. The summed E-state index contributed by atoms with van der Waals surface area (Å²) in [5.41, 5.74) is 2.39. The summed E-state index contributed by atoms with van der Waals surface area (Å²) >= 11 is 7.53. The van der Waals surface area contributed by atoms with E-state index in [4.69, 9.17) is 16.3 Å². The first-order valence-corrected chi connectivity index (χ1v) is 10.6. The zero-order chi connectivity index (χ0) is 20.4. The molecule has 2 aromatic rings. The second-order valence-corrected chi connectivity index (χ2v) is 8.57. The lowest BCUT2D eigenvalue weighted by molar-refractivity contribution is 0.0696. The predicted octanol–water partition coefficient (Wildman–Crippen LogP) is 4.50. The van der Waals surface area contributed by atoms with Crippen LogP contribution < -0.4 is 14.8 Å². The summed E-state index contributed by atoms with van der Waals surface area (Å²) in [6, 6.07) is 10.7.